The van der Waals surface area contributed by atoms with Gasteiger partial charge < -0.3 is 10.7 Å². The molecule has 2 heterocycles. The number of anilines is 2. The summed E-state index contributed by atoms with van der Waals surface area (Å²) < 4.78 is 38.2. The van der Waals surface area contributed by atoms with Crippen LogP contribution in [0.25, 0.3) is 0 Å². The van der Waals surface area contributed by atoms with E-state index in [4.69, 9.17) is 5.84 Å². The third-order valence-corrected chi connectivity index (χ3v) is 3.64. The van der Waals surface area contributed by atoms with Crippen molar-refractivity contribution in [2.75, 3.05) is 17.3 Å². The van der Waals surface area contributed by atoms with Gasteiger partial charge in [-0.25, -0.2) is 15.8 Å². The van der Waals surface area contributed by atoms with Gasteiger partial charge in [-0.05, 0) is 19.1 Å². The summed E-state index contributed by atoms with van der Waals surface area (Å²) in [7, 11) is 0. The number of nitrogens with one attached hydrogen (secondary N) is 2. The predicted octanol–water partition coefficient (Wildman–Crippen LogP) is 2.81. The van der Waals surface area contributed by atoms with Crippen molar-refractivity contribution in [1.82, 2.24) is 9.97 Å². The van der Waals surface area contributed by atoms with Crippen molar-refractivity contribution in [3.63, 3.8) is 0 Å². The fourth-order valence-electron chi connectivity index (χ4n) is 1.67. The topological polar surface area (TPSA) is 75.9 Å². The Morgan fingerprint density at radius 1 is 1.24 bits per heavy atom. The van der Waals surface area contributed by atoms with Gasteiger partial charge in [-0.1, -0.05) is 0 Å². The van der Waals surface area contributed by atoms with Gasteiger partial charge in [0, 0.05) is 24.0 Å². The Labute approximate surface area is 123 Å². The summed E-state index contributed by atoms with van der Waals surface area (Å²) in [6.45, 7) is 2.33. The number of halogens is 3. The van der Waals surface area contributed by atoms with Crippen LogP contribution in [0.3, 0.4) is 0 Å². The van der Waals surface area contributed by atoms with Gasteiger partial charge in [0.05, 0.1) is 10.6 Å². The van der Waals surface area contributed by atoms with Gasteiger partial charge in [-0.2, -0.15) is 13.2 Å². The molecule has 0 atom stereocenters. The molecule has 0 aliphatic carbocycles. The maximum absolute atomic E-state index is 12.7. The molecule has 21 heavy (non-hydrogen) atoms. The smallest absolute Gasteiger partial charge is 0.370 e. The van der Waals surface area contributed by atoms with E-state index < -0.39 is 11.7 Å². The Hall–Kier alpha value is -1.87. The summed E-state index contributed by atoms with van der Waals surface area (Å²) in [4.78, 5) is 8.22. The van der Waals surface area contributed by atoms with Crippen molar-refractivity contribution < 1.29 is 13.2 Å². The van der Waals surface area contributed by atoms with Crippen LogP contribution >= 0.6 is 11.3 Å². The molecular formula is C12H14F3N5S. The molecule has 0 fully saturated rings. The van der Waals surface area contributed by atoms with Crippen molar-refractivity contribution in [2.45, 2.75) is 19.5 Å². The van der Waals surface area contributed by atoms with Crippen LogP contribution in [-0.4, -0.2) is 16.5 Å². The quantitative estimate of drug-likeness (QED) is 0.584. The van der Waals surface area contributed by atoms with Crippen LogP contribution in [0.4, 0.5) is 24.8 Å². The van der Waals surface area contributed by atoms with Gasteiger partial charge in [0.15, 0.2) is 0 Å². The number of alkyl halides is 3. The maximum Gasteiger partial charge on any atom is 0.416 e. The second-order valence-electron chi connectivity index (χ2n) is 4.33. The number of rotatable bonds is 5. The highest BCUT2D eigenvalue weighted by Gasteiger charge is 2.31. The predicted molar refractivity (Wildman–Crippen MR) is 76.1 cm³/mol. The SMILES string of the molecule is Cc1csc(CCNc2cc(C(F)(F)F)cc(NN)n2)n1. The van der Waals surface area contributed by atoms with Crippen LogP contribution in [-0.2, 0) is 12.6 Å². The summed E-state index contributed by atoms with van der Waals surface area (Å²) in [6, 6.07) is 1.81. The van der Waals surface area contributed by atoms with E-state index in [-0.39, 0.29) is 11.6 Å². The molecule has 2 aromatic heterocycles. The number of hydrogen-bond donors (Lipinski definition) is 3. The van der Waals surface area contributed by atoms with Gasteiger partial charge in [0.1, 0.15) is 11.6 Å². The summed E-state index contributed by atoms with van der Waals surface area (Å²) in [5.74, 6) is 5.21. The molecule has 0 saturated carbocycles. The Kier molecular flexibility index (Phi) is 4.63. The van der Waals surface area contributed by atoms with Crippen LogP contribution in [0.1, 0.15) is 16.3 Å². The van der Waals surface area contributed by atoms with E-state index in [0.29, 0.717) is 13.0 Å². The van der Waals surface area contributed by atoms with Crippen LogP contribution in [0.5, 0.6) is 0 Å². The van der Waals surface area contributed by atoms with Crippen molar-refractivity contribution in [1.29, 1.82) is 0 Å². The molecule has 0 saturated heterocycles. The lowest BCUT2D eigenvalue weighted by Gasteiger charge is -2.12. The van der Waals surface area contributed by atoms with E-state index in [1.54, 1.807) is 0 Å². The first kappa shape index (κ1) is 15.5. The molecule has 0 aliphatic heterocycles. The molecule has 2 aromatic rings. The van der Waals surface area contributed by atoms with Gasteiger partial charge in [-0.3, -0.25) is 0 Å². The second kappa shape index (κ2) is 6.27. The molecule has 0 aliphatic rings. The van der Waals surface area contributed by atoms with E-state index in [0.717, 1.165) is 22.8 Å². The van der Waals surface area contributed by atoms with Crippen LogP contribution in [0.15, 0.2) is 17.5 Å². The summed E-state index contributed by atoms with van der Waals surface area (Å²) in [5.41, 5.74) is 2.25. The minimum absolute atomic E-state index is 0.0441. The molecule has 0 unspecified atom stereocenters. The van der Waals surface area contributed by atoms with E-state index >= 15 is 0 Å². The fraction of sp³-hybridized carbons (Fsp3) is 0.333. The molecule has 2 rings (SSSR count). The average Bonchev–Trinajstić information content (AvgIpc) is 2.83. The Morgan fingerprint density at radius 2 is 1.95 bits per heavy atom. The van der Waals surface area contributed by atoms with Gasteiger partial charge in [0.25, 0.3) is 0 Å². The zero-order chi connectivity index (χ0) is 15.5. The molecule has 114 valence electrons. The minimum atomic E-state index is -4.45. The first-order valence-corrected chi connectivity index (χ1v) is 6.97. The summed E-state index contributed by atoms with van der Waals surface area (Å²) in [6.07, 6.45) is -3.83. The summed E-state index contributed by atoms with van der Waals surface area (Å²) in [5, 5.41) is 5.70. The highest BCUT2D eigenvalue weighted by Crippen LogP contribution is 2.31. The minimum Gasteiger partial charge on any atom is -0.370 e. The van der Waals surface area contributed by atoms with Crippen molar-refractivity contribution >= 4 is 23.0 Å². The molecule has 5 nitrogen and oxygen atoms in total. The number of aryl methyl sites for hydroxylation is 1. The molecule has 0 aromatic carbocycles. The van der Waals surface area contributed by atoms with Gasteiger partial charge >= 0.3 is 6.18 Å². The van der Waals surface area contributed by atoms with E-state index in [1.165, 1.54) is 11.3 Å². The number of pyridine rings is 1. The van der Waals surface area contributed by atoms with Crippen molar-refractivity contribution in [3.05, 3.63) is 33.8 Å². The number of aromatic nitrogens is 2. The van der Waals surface area contributed by atoms with E-state index in [9.17, 15) is 13.2 Å². The molecule has 0 bridgehead atoms. The van der Waals surface area contributed by atoms with Crippen LogP contribution < -0.4 is 16.6 Å². The number of nitrogens with zero attached hydrogens (tertiary/aromatic N) is 2. The molecule has 0 spiro atoms. The maximum atomic E-state index is 12.7. The largest absolute Gasteiger partial charge is 0.416 e. The standard InChI is InChI=1S/C12H14F3N5S/c1-7-6-21-11(18-7)2-3-17-9-4-8(12(13,14)15)5-10(19-9)20-16/h4-6H,2-3,16H2,1H3,(H2,17,19,20). The Balaban J connectivity index is 2.05. The lowest BCUT2D eigenvalue weighted by atomic mass is 10.2. The normalized spacial score (nSPS) is 11.5. The lowest BCUT2D eigenvalue weighted by Crippen LogP contribution is -2.14. The first-order chi connectivity index (χ1) is 9.88. The molecule has 9 heteroatoms. The lowest BCUT2D eigenvalue weighted by molar-refractivity contribution is -0.137. The van der Waals surface area contributed by atoms with Crippen molar-refractivity contribution in [2.24, 2.45) is 5.84 Å². The second-order valence-corrected chi connectivity index (χ2v) is 5.27. The number of hydrogen-bond acceptors (Lipinski definition) is 6. The third-order valence-electron chi connectivity index (χ3n) is 2.61. The third kappa shape index (κ3) is 4.30. The Morgan fingerprint density at radius 3 is 2.52 bits per heavy atom. The monoisotopic (exact) mass is 317 g/mol. The molecule has 4 N–H and O–H groups in total. The van der Waals surface area contributed by atoms with Gasteiger partial charge in [-0.15, -0.1) is 11.3 Å². The zero-order valence-corrected chi connectivity index (χ0v) is 12.0. The van der Waals surface area contributed by atoms with E-state index in [2.05, 4.69) is 20.7 Å². The first-order valence-electron chi connectivity index (χ1n) is 6.09. The number of nitrogens with two attached hydrogens (primary N) is 1. The Bertz CT molecular complexity index is 611. The highest BCUT2D eigenvalue weighted by atomic mass is 32.1. The van der Waals surface area contributed by atoms with Gasteiger partial charge in [0.2, 0.25) is 0 Å². The molecule has 0 amide bonds. The number of hydrazine groups is 1. The highest BCUT2D eigenvalue weighted by molar-refractivity contribution is 7.09. The number of nitrogen functional groups attached to an aromatic ring is 1. The van der Waals surface area contributed by atoms with E-state index in [1.807, 2.05) is 12.3 Å². The van der Waals surface area contributed by atoms with Crippen LogP contribution in [0, 0.1) is 6.92 Å². The summed E-state index contributed by atoms with van der Waals surface area (Å²) >= 11 is 1.52. The fourth-order valence-corrected chi connectivity index (χ4v) is 2.45. The zero-order valence-electron chi connectivity index (χ0n) is 11.2. The molecular weight excluding hydrogens is 303 g/mol. The van der Waals surface area contributed by atoms with Crippen molar-refractivity contribution in [3.8, 4) is 0 Å². The number of thiazole rings is 1. The molecule has 0 radical (unpaired) electrons. The van der Waals surface area contributed by atoms with Crippen LogP contribution in [0.2, 0.25) is 0 Å². The average molecular weight is 317 g/mol.